The molecule has 1 amide bonds. The van der Waals surface area contributed by atoms with Gasteiger partial charge in [0.25, 0.3) is 0 Å². The lowest BCUT2D eigenvalue weighted by molar-refractivity contribution is 0.0240. The van der Waals surface area contributed by atoms with Gasteiger partial charge in [0.2, 0.25) is 0 Å². The zero-order valence-corrected chi connectivity index (χ0v) is 27.4. The van der Waals surface area contributed by atoms with E-state index in [2.05, 4.69) is 22.0 Å². The molecule has 3 aromatic heterocycles. The Labute approximate surface area is 257 Å². The van der Waals surface area contributed by atoms with Gasteiger partial charge in [-0.05, 0) is 86.1 Å². The van der Waals surface area contributed by atoms with Crippen molar-refractivity contribution < 1.29 is 19.1 Å². The van der Waals surface area contributed by atoms with Gasteiger partial charge in [-0.15, -0.1) is 11.3 Å². The number of carbonyl (C=O) groups excluding carboxylic acids is 2. The Bertz CT molecular complexity index is 1660. The lowest BCUT2D eigenvalue weighted by atomic mass is 10.0. The Morgan fingerprint density at radius 1 is 0.791 bits per heavy atom. The number of carbonyl (C=O) groups is 2. The van der Waals surface area contributed by atoms with Gasteiger partial charge in [-0.1, -0.05) is 12.1 Å². The van der Waals surface area contributed by atoms with Crippen molar-refractivity contribution in [3.05, 3.63) is 52.7 Å². The molecule has 228 valence electrons. The van der Waals surface area contributed by atoms with Crippen molar-refractivity contribution in [2.45, 2.75) is 73.5 Å². The SMILES string of the molecule is Cc1cc(-c2c(C)c3ccc(-c4csc(N5CCN(C(=O)OC(C)(C)C)CC5)n4)cc3n2C(=O)OC(C)(C)C)cc(C)n1. The summed E-state index contributed by atoms with van der Waals surface area (Å²) in [6.45, 7) is 19.7. The van der Waals surface area contributed by atoms with E-state index >= 15 is 0 Å². The summed E-state index contributed by atoms with van der Waals surface area (Å²) in [5, 5.41) is 3.92. The van der Waals surface area contributed by atoms with Crippen LogP contribution >= 0.6 is 11.3 Å². The second-order valence-electron chi connectivity index (χ2n) is 13.1. The number of piperazine rings is 1. The van der Waals surface area contributed by atoms with Crippen molar-refractivity contribution in [3.8, 4) is 22.5 Å². The van der Waals surface area contributed by atoms with E-state index in [-0.39, 0.29) is 6.09 Å². The molecule has 10 heteroatoms. The van der Waals surface area contributed by atoms with Crippen LogP contribution in [0.25, 0.3) is 33.4 Å². The summed E-state index contributed by atoms with van der Waals surface area (Å²) in [6.07, 6.45) is -0.702. The molecule has 4 aromatic rings. The zero-order valence-electron chi connectivity index (χ0n) is 26.6. The van der Waals surface area contributed by atoms with Crippen LogP contribution in [0.15, 0.2) is 35.7 Å². The lowest BCUT2D eigenvalue weighted by Crippen LogP contribution is -2.50. The summed E-state index contributed by atoms with van der Waals surface area (Å²) in [5.41, 5.74) is 5.85. The van der Waals surface area contributed by atoms with E-state index in [0.29, 0.717) is 26.2 Å². The predicted octanol–water partition coefficient (Wildman–Crippen LogP) is 7.59. The van der Waals surface area contributed by atoms with Gasteiger partial charge >= 0.3 is 12.2 Å². The van der Waals surface area contributed by atoms with E-state index in [9.17, 15) is 9.59 Å². The molecule has 0 N–H and O–H groups in total. The topological polar surface area (TPSA) is 89.8 Å². The largest absolute Gasteiger partial charge is 0.444 e. The molecule has 9 nitrogen and oxygen atoms in total. The molecule has 1 aliphatic heterocycles. The summed E-state index contributed by atoms with van der Waals surface area (Å²) in [7, 11) is 0. The smallest absolute Gasteiger partial charge is 0.419 e. The Kier molecular flexibility index (Phi) is 8.02. The van der Waals surface area contributed by atoms with E-state index in [4.69, 9.17) is 14.5 Å². The number of fused-ring (bicyclic) bond motifs is 1. The molecule has 0 bridgehead atoms. The number of ether oxygens (including phenoxy) is 2. The second kappa shape index (κ2) is 11.3. The number of nitrogens with zero attached hydrogens (tertiary/aromatic N) is 5. The number of benzene rings is 1. The third-order valence-corrected chi connectivity index (χ3v) is 8.04. The van der Waals surface area contributed by atoms with Crippen molar-refractivity contribution in [1.29, 1.82) is 0 Å². The molecule has 0 aliphatic carbocycles. The minimum Gasteiger partial charge on any atom is -0.444 e. The molecular weight excluding hydrogens is 562 g/mol. The minimum atomic E-state index is -0.655. The Morgan fingerprint density at radius 3 is 2.00 bits per heavy atom. The first kappa shape index (κ1) is 30.5. The highest BCUT2D eigenvalue weighted by molar-refractivity contribution is 7.14. The van der Waals surface area contributed by atoms with Crippen molar-refractivity contribution >= 4 is 39.6 Å². The first-order chi connectivity index (χ1) is 20.1. The highest BCUT2D eigenvalue weighted by Gasteiger charge is 2.28. The first-order valence-corrected chi connectivity index (χ1v) is 15.5. The molecule has 0 saturated carbocycles. The maximum atomic E-state index is 13.7. The fourth-order valence-electron chi connectivity index (χ4n) is 5.37. The van der Waals surface area contributed by atoms with E-state index < -0.39 is 17.3 Å². The summed E-state index contributed by atoms with van der Waals surface area (Å²) in [4.78, 5) is 39.7. The average molecular weight is 604 g/mol. The molecule has 1 fully saturated rings. The standard InChI is InChI=1S/C33H41N5O4S/c1-20-16-24(17-21(2)34-20)28-22(3)25-11-10-23(18-27(25)38(28)31(40)42-33(7,8)9)26-19-43-29(35-26)36-12-14-37(15-13-36)30(39)41-32(4,5)6/h10-11,16-19H,12-15H2,1-9H3. The van der Waals surface area contributed by atoms with Gasteiger partial charge in [0.15, 0.2) is 5.13 Å². The molecule has 0 atom stereocenters. The summed E-state index contributed by atoms with van der Waals surface area (Å²) < 4.78 is 13.1. The van der Waals surface area contributed by atoms with Crippen LogP contribution < -0.4 is 4.90 Å². The number of rotatable bonds is 3. The third kappa shape index (κ3) is 6.69. The second-order valence-corrected chi connectivity index (χ2v) is 14.0. The van der Waals surface area contributed by atoms with Crippen LogP contribution in [-0.4, -0.2) is 69.0 Å². The van der Waals surface area contributed by atoms with E-state index in [1.54, 1.807) is 20.8 Å². The minimum absolute atomic E-state index is 0.278. The molecule has 43 heavy (non-hydrogen) atoms. The molecule has 0 spiro atoms. The molecular formula is C33H41N5O4S. The number of hydrogen-bond donors (Lipinski definition) is 0. The van der Waals surface area contributed by atoms with Gasteiger partial charge in [0.1, 0.15) is 11.2 Å². The average Bonchev–Trinajstić information content (AvgIpc) is 3.49. The molecule has 1 aromatic carbocycles. The summed E-state index contributed by atoms with van der Waals surface area (Å²) >= 11 is 1.58. The van der Waals surface area contributed by atoms with E-state index in [0.717, 1.165) is 55.5 Å². The van der Waals surface area contributed by atoms with Gasteiger partial charge in [0, 0.05) is 59.5 Å². The van der Waals surface area contributed by atoms with Gasteiger partial charge in [-0.3, -0.25) is 4.98 Å². The van der Waals surface area contributed by atoms with Crippen molar-refractivity contribution in [2.24, 2.45) is 0 Å². The molecule has 0 radical (unpaired) electrons. The van der Waals surface area contributed by atoms with Crippen LogP contribution in [0, 0.1) is 20.8 Å². The van der Waals surface area contributed by atoms with Crippen LogP contribution in [0.2, 0.25) is 0 Å². The maximum absolute atomic E-state index is 13.7. The first-order valence-electron chi connectivity index (χ1n) is 14.6. The number of pyridine rings is 1. The number of aryl methyl sites for hydroxylation is 3. The van der Waals surface area contributed by atoms with Crippen LogP contribution in [0.5, 0.6) is 0 Å². The summed E-state index contributed by atoms with van der Waals surface area (Å²) in [5.74, 6) is 0. The van der Waals surface area contributed by atoms with Crippen LogP contribution in [0.4, 0.5) is 14.7 Å². The van der Waals surface area contributed by atoms with Crippen molar-refractivity contribution in [2.75, 3.05) is 31.1 Å². The molecule has 0 unspecified atom stereocenters. The molecule has 4 heterocycles. The lowest BCUT2D eigenvalue weighted by Gasteiger charge is -2.35. The number of aromatic nitrogens is 3. The molecule has 1 saturated heterocycles. The highest BCUT2D eigenvalue weighted by Crippen LogP contribution is 2.37. The van der Waals surface area contributed by atoms with Gasteiger partial charge in [-0.2, -0.15) is 0 Å². The molecule has 1 aliphatic rings. The van der Waals surface area contributed by atoms with Crippen LogP contribution in [-0.2, 0) is 9.47 Å². The number of anilines is 1. The van der Waals surface area contributed by atoms with Crippen LogP contribution in [0.3, 0.4) is 0 Å². The van der Waals surface area contributed by atoms with Crippen LogP contribution in [0.1, 0.15) is 58.5 Å². The monoisotopic (exact) mass is 603 g/mol. The predicted molar refractivity (Wildman–Crippen MR) is 172 cm³/mol. The van der Waals surface area contributed by atoms with E-state index in [1.165, 1.54) is 0 Å². The third-order valence-electron chi connectivity index (χ3n) is 7.14. The fourth-order valence-corrected chi connectivity index (χ4v) is 6.26. The van der Waals surface area contributed by atoms with Gasteiger partial charge in [-0.25, -0.2) is 19.1 Å². The van der Waals surface area contributed by atoms with E-state index in [1.807, 2.05) is 85.9 Å². The summed E-state index contributed by atoms with van der Waals surface area (Å²) in [6, 6.07) is 10.2. The zero-order chi connectivity index (χ0) is 31.3. The normalized spacial score (nSPS) is 14.3. The highest BCUT2D eigenvalue weighted by atomic mass is 32.1. The Balaban J connectivity index is 1.48. The Hall–Kier alpha value is -3.92. The van der Waals surface area contributed by atoms with Crippen molar-refractivity contribution in [3.63, 3.8) is 0 Å². The Morgan fingerprint density at radius 2 is 1.40 bits per heavy atom. The molecule has 5 rings (SSSR count). The van der Waals surface area contributed by atoms with Gasteiger partial charge < -0.3 is 19.3 Å². The number of thiazole rings is 1. The quantitative estimate of drug-likeness (QED) is 0.238. The maximum Gasteiger partial charge on any atom is 0.419 e. The van der Waals surface area contributed by atoms with Gasteiger partial charge in [0.05, 0.1) is 16.9 Å². The fraction of sp³-hybridized carbons (Fsp3) is 0.455. The van der Waals surface area contributed by atoms with Crippen molar-refractivity contribution in [1.82, 2.24) is 19.4 Å². The number of amides is 1. The number of hydrogen-bond acceptors (Lipinski definition) is 8.